The Bertz CT molecular complexity index is 892. The van der Waals surface area contributed by atoms with Gasteiger partial charge in [0.15, 0.2) is 0 Å². The molecular formula is C25H30N2O4. The van der Waals surface area contributed by atoms with Crippen molar-refractivity contribution in [2.24, 2.45) is 5.92 Å². The van der Waals surface area contributed by atoms with E-state index in [9.17, 15) is 9.59 Å². The number of benzene rings is 1. The number of likely N-dealkylation sites (tertiary alicyclic amines) is 1. The summed E-state index contributed by atoms with van der Waals surface area (Å²) in [6, 6.07) is 9.79. The molecule has 1 aliphatic heterocycles. The zero-order valence-corrected chi connectivity index (χ0v) is 17.7. The minimum absolute atomic E-state index is 0.0177. The number of fused-ring (bicyclic) bond motifs is 2. The van der Waals surface area contributed by atoms with Crippen LogP contribution < -0.4 is 0 Å². The molecule has 1 saturated heterocycles. The van der Waals surface area contributed by atoms with Crippen LogP contribution in [0.4, 0.5) is 4.79 Å². The number of amides is 2. The smallest absolute Gasteiger partial charge is 0.410 e. The van der Waals surface area contributed by atoms with Crippen molar-refractivity contribution >= 4 is 12.0 Å². The summed E-state index contributed by atoms with van der Waals surface area (Å²) in [4.78, 5) is 30.7. The third-order valence-electron chi connectivity index (χ3n) is 7.16. The van der Waals surface area contributed by atoms with Crippen LogP contribution in [0.5, 0.6) is 0 Å². The molecule has 31 heavy (non-hydrogen) atoms. The van der Waals surface area contributed by atoms with Crippen molar-refractivity contribution in [3.05, 3.63) is 59.7 Å². The summed E-state index contributed by atoms with van der Waals surface area (Å²) < 4.78 is 5.39. The number of hydrogen-bond acceptors (Lipinski definition) is 4. The molecule has 1 heterocycles. The van der Waals surface area contributed by atoms with Gasteiger partial charge in [0.1, 0.15) is 6.61 Å². The molecule has 4 unspecified atom stereocenters. The number of carbonyl (C=O) groups is 2. The van der Waals surface area contributed by atoms with E-state index in [0.29, 0.717) is 0 Å². The van der Waals surface area contributed by atoms with Gasteiger partial charge in [-0.15, -0.1) is 0 Å². The van der Waals surface area contributed by atoms with Gasteiger partial charge in [-0.25, -0.2) is 4.79 Å². The number of hydrogen-bond donors (Lipinski definition) is 1. The van der Waals surface area contributed by atoms with E-state index < -0.39 is 0 Å². The molecule has 2 saturated carbocycles. The SMILES string of the molecule is O=C(c1ccccc1)N1C2CC=CC=C2C(N(C(=O)OCCO)C2CC2)C2CCCC21. The van der Waals surface area contributed by atoms with E-state index in [1.165, 1.54) is 0 Å². The minimum atomic E-state index is -0.329. The molecule has 3 aliphatic carbocycles. The van der Waals surface area contributed by atoms with Crippen LogP contribution in [0.25, 0.3) is 0 Å². The highest BCUT2D eigenvalue weighted by molar-refractivity contribution is 5.95. The first-order valence-corrected chi connectivity index (χ1v) is 11.5. The Labute approximate surface area is 183 Å². The van der Waals surface area contributed by atoms with Crippen molar-refractivity contribution in [2.45, 2.75) is 62.7 Å². The molecule has 4 aliphatic rings. The first-order valence-electron chi connectivity index (χ1n) is 11.5. The Morgan fingerprint density at radius 2 is 1.94 bits per heavy atom. The third kappa shape index (κ3) is 3.67. The van der Waals surface area contributed by atoms with Crippen LogP contribution >= 0.6 is 0 Å². The van der Waals surface area contributed by atoms with Crippen molar-refractivity contribution in [2.75, 3.05) is 13.2 Å². The van der Waals surface area contributed by atoms with Gasteiger partial charge in [-0.05, 0) is 49.8 Å². The maximum atomic E-state index is 13.6. The summed E-state index contributed by atoms with van der Waals surface area (Å²) >= 11 is 0. The topological polar surface area (TPSA) is 70.1 Å². The van der Waals surface area contributed by atoms with E-state index in [1.807, 2.05) is 35.2 Å². The first kappa shape index (κ1) is 20.3. The van der Waals surface area contributed by atoms with Gasteiger partial charge >= 0.3 is 6.09 Å². The molecule has 0 aromatic heterocycles. The number of allylic oxidation sites excluding steroid dienone is 2. The van der Waals surface area contributed by atoms with Gasteiger partial charge in [-0.3, -0.25) is 9.69 Å². The summed E-state index contributed by atoms with van der Waals surface area (Å²) in [7, 11) is 0. The monoisotopic (exact) mass is 422 g/mol. The third-order valence-corrected chi connectivity index (χ3v) is 7.16. The lowest BCUT2D eigenvalue weighted by Gasteiger charge is -2.52. The molecule has 1 N–H and O–H groups in total. The summed E-state index contributed by atoms with van der Waals surface area (Å²) in [6.07, 6.45) is 11.7. The number of ether oxygens (including phenoxy) is 1. The molecule has 5 rings (SSSR count). The Morgan fingerprint density at radius 1 is 1.13 bits per heavy atom. The van der Waals surface area contributed by atoms with Gasteiger partial charge in [0, 0.05) is 23.6 Å². The normalized spacial score (nSPS) is 29.1. The molecule has 2 amide bonds. The highest BCUT2D eigenvalue weighted by Crippen LogP contribution is 2.48. The summed E-state index contributed by atoms with van der Waals surface area (Å²) in [5.41, 5.74) is 1.88. The lowest BCUT2D eigenvalue weighted by molar-refractivity contribution is 0.0154. The van der Waals surface area contributed by atoms with Gasteiger partial charge in [0.05, 0.1) is 18.7 Å². The Balaban J connectivity index is 1.52. The van der Waals surface area contributed by atoms with E-state index in [1.54, 1.807) is 0 Å². The van der Waals surface area contributed by atoms with Crippen LogP contribution in [0, 0.1) is 5.92 Å². The molecule has 0 radical (unpaired) electrons. The van der Waals surface area contributed by atoms with Gasteiger partial charge in [0.25, 0.3) is 5.91 Å². The van der Waals surface area contributed by atoms with E-state index in [4.69, 9.17) is 9.84 Å². The van der Waals surface area contributed by atoms with Crippen molar-refractivity contribution in [1.82, 2.24) is 9.80 Å². The van der Waals surface area contributed by atoms with Crippen LogP contribution in [-0.4, -0.2) is 64.3 Å². The van der Waals surface area contributed by atoms with E-state index in [-0.39, 0.29) is 55.3 Å². The lowest BCUT2D eigenvalue weighted by atomic mass is 9.75. The molecule has 0 spiro atoms. The van der Waals surface area contributed by atoms with E-state index in [2.05, 4.69) is 23.1 Å². The van der Waals surface area contributed by atoms with E-state index >= 15 is 0 Å². The molecule has 3 fully saturated rings. The Hall–Kier alpha value is -2.60. The number of nitrogens with zero attached hydrogens (tertiary/aromatic N) is 2. The quantitative estimate of drug-likeness (QED) is 0.788. The number of piperidine rings is 1. The van der Waals surface area contributed by atoms with Crippen LogP contribution in [0.2, 0.25) is 0 Å². The second-order valence-electron chi connectivity index (χ2n) is 9.01. The number of aliphatic hydroxyl groups excluding tert-OH is 1. The number of rotatable bonds is 5. The highest BCUT2D eigenvalue weighted by atomic mass is 16.6. The zero-order chi connectivity index (χ0) is 21.4. The second kappa shape index (κ2) is 8.50. The van der Waals surface area contributed by atoms with Crippen molar-refractivity contribution < 1.29 is 19.4 Å². The molecule has 0 bridgehead atoms. The largest absolute Gasteiger partial charge is 0.447 e. The van der Waals surface area contributed by atoms with Gasteiger partial charge in [-0.1, -0.05) is 42.8 Å². The van der Waals surface area contributed by atoms with Gasteiger partial charge in [-0.2, -0.15) is 0 Å². The number of aliphatic hydroxyl groups is 1. The predicted molar refractivity (Wildman–Crippen MR) is 116 cm³/mol. The second-order valence-corrected chi connectivity index (χ2v) is 9.01. The van der Waals surface area contributed by atoms with Crippen LogP contribution in [0.1, 0.15) is 48.9 Å². The Kier molecular flexibility index (Phi) is 5.57. The van der Waals surface area contributed by atoms with E-state index in [0.717, 1.165) is 49.7 Å². The van der Waals surface area contributed by atoms with Crippen molar-refractivity contribution in [3.8, 4) is 0 Å². The minimum Gasteiger partial charge on any atom is -0.447 e. The summed E-state index contributed by atoms with van der Waals surface area (Å²) in [5, 5.41) is 9.14. The standard InChI is InChI=1S/C25H30N2O4/c28-15-16-31-25(30)26(18-13-14-18)23-19-9-4-5-11-21(19)27(22-12-6-10-20(22)23)24(29)17-7-2-1-3-8-17/h1-5,7-9,18,20-23,28H,6,10-16H2. The molecule has 4 atom stereocenters. The average Bonchev–Trinajstić information content (AvgIpc) is 3.53. The number of carbonyl (C=O) groups excluding carboxylic acids is 2. The molecule has 6 nitrogen and oxygen atoms in total. The van der Waals surface area contributed by atoms with Crippen LogP contribution in [0.15, 0.2) is 54.1 Å². The molecule has 6 heteroatoms. The zero-order valence-electron chi connectivity index (χ0n) is 17.7. The summed E-state index contributed by atoms with van der Waals surface area (Å²) in [5.74, 6) is 0.298. The van der Waals surface area contributed by atoms with Crippen molar-refractivity contribution in [1.29, 1.82) is 0 Å². The van der Waals surface area contributed by atoms with Crippen molar-refractivity contribution in [3.63, 3.8) is 0 Å². The molecule has 164 valence electrons. The fourth-order valence-corrected chi connectivity index (χ4v) is 5.80. The Morgan fingerprint density at radius 3 is 2.68 bits per heavy atom. The maximum absolute atomic E-state index is 13.6. The molecular weight excluding hydrogens is 392 g/mol. The molecule has 1 aromatic rings. The highest BCUT2D eigenvalue weighted by Gasteiger charge is 2.54. The summed E-state index contributed by atoms with van der Waals surface area (Å²) in [6.45, 7) is -0.155. The van der Waals surface area contributed by atoms with Crippen LogP contribution in [0.3, 0.4) is 0 Å². The fraction of sp³-hybridized carbons (Fsp3) is 0.520. The predicted octanol–water partition coefficient (Wildman–Crippen LogP) is 3.53. The maximum Gasteiger partial charge on any atom is 0.410 e. The van der Waals surface area contributed by atoms with Crippen LogP contribution in [-0.2, 0) is 4.74 Å². The van der Waals surface area contributed by atoms with Gasteiger partial charge in [0.2, 0.25) is 0 Å². The molecule has 1 aromatic carbocycles. The van der Waals surface area contributed by atoms with Gasteiger partial charge < -0.3 is 14.7 Å². The first-order chi connectivity index (χ1) is 15.2. The fourth-order valence-electron chi connectivity index (χ4n) is 5.80. The lowest BCUT2D eigenvalue weighted by Crippen LogP contribution is -2.63. The average molecular weight is 423 g/mol.